The van der Waals surface area contributed by atoms with Crippen LogP contribution in [0.5, 0.6) is 0 Å². The van der Waals surface area contributed by atoms with Gasteiger partial charge in [-0.05, 0) is 55.0 Å². The fraction of sp³-hybridized carbons (Fsp3) is 0.0476. The van der Waals surface area contributed by atoms with E-state index in [-0.39, 0.29) is 10.7 Å². The van der Waals surface area contributed by atoms with Gasteiger partial charge in [0.05, 0.1) is 10.6 Å². The summed E-state index contributed by atoms with van der Waals surface area (Å²) in [6, 6.07) is 18.5. The molecule has 1 N–H and O–H groups in total. The Morgan fingerprint density at radius 1 is 0.963 bits per heavy atom. The summed E-state index contributed by atoms with van der Waals surface area (Å²) < 4.78 is 27.7. The first-order valence-electron chi connectivity index (χ1n) is 8.27. The van der Waals surface area contributed by atoms with Crippen molar-refractivity contribution in [1.82, 2.24) is 4.98 Å². The number of carbonyl (C=O) groups excluding carboxylic acids is 1. The average molecular weight is 378 g/mol. The third kappa shape index (κ3) is 4.89. The summed E-state index contributed by atoms with van der Waals surface area (Å²) in [6.07, 6.45) is 5.43. The van der Waals surface area contributed by atoms with Crippen molar-refractivity contribution in [2.45, 2.75) is 11.8 Å². The second-order valence-electron chi connectivity index (χ2n) is 5.90. The number of sulfonamides is 1. The number of nitrogens with one attached hydrogen (secondary N) is 1. The third-order valence-electron chi connectivity index (χ3n) is 3.84. The molecule has 0 fully saturated rings. The summed E-state index contributed by atoms with van der Waals surface area (Å²) in [5.41, 5.74) is 2.58. The number of hydrogen-bond acceptors (Lipinski definition) is 4. The summed E-state index contributed by atoms with van der Waals surface area (Å²) in [6.45, 7) is 1.44. The molecule has 2 aromatic carbocycles. The lowest BCUT2D eigenvalue weighted by atomic mass is 10.2. The highest BCUT2D eigenvalue weighted by molar-refractivity contribution is 7.92. The lowest BCUT2D eigenvalue weighted by Crippen LogP contribution is -2.13. The van der Waals surface area contributed by atoms with Crippen LogP contribution in [-0.2, 0) is 10.0 Å². The monoisotopic (exact) mass is 378 g/mol. The van der Waals surface area contributed by atoms with Crippen LogP contribution in [0, 0.1) is 0 Å². The molecule has 1 heterocycles. The molecule has 0 aliphatic heterocycles. The van der Waals surface area contributed by atoms with Crippen LogP contribution in [0.4, 0.5) is 5.69 Å². The highest BCUT2D eigenvalue weighted by Crippen LogP contribution is 2.19. The van der Waals surface area contributed by atoms with Crippen LogP contribution in [-0.4, -0.2) is 19.2 Å². The minimum atomic E-state index is -3.74. The largest absolute Gasteiger partial charge is 0.295 e. The van der Waals surface area contributed by atoms with Crippen molar-refractivity contribution >= 4 is 33.6 Å². The zero-order valence-electron chi connectivity index (χ0n) is 14.7. The Labute approximate surface area is 158 Å². The van der Waals surface area contributed by atoms with Crippen molar-refractivity contribution in [2.75, 3.05) is 4.72 Å². The lowest BCUT2D eigenvalue weighted by molar-refractivity contribution is 0.101. The molecule has 3 rings (SSSR count). The Morgan fingerprint density at radius 3 is 2.41 bits per heavy atom. The van der Waals surface area contributed by atoms with E-state index in [0.717, 1.165) is 11.3 Å². The highest BCUT2D eigenvalue weighted by Gasteiger charge is 2.14. The number of rotatable bonds is 6. The van der Waals surface area contributed by atoms with E-state index in [1.165, 1.54) is 31.2 Å². The topological polar surface area (TPSA) is 76.1 Å². The predicted molar refractivity (Wildman–Crippen MR) is 107 cm³/mol. The Bertz CT molecular complexity index is 1070. The first kappa shape index (κ1) is 18.5. The molecule has 0 spiro atoms. The third-order valence-corrected chi connectivity index (χ3v) is 5.24. The summed E-state index contributed by atoms with van der Waals surface area (Å²) in [7, 11) is -3.74. The Morgan fingerprint density at radius 2 is 1.74 bits per heavy atom. The summed E-state index contributed by atoms with van der Waals surface area (Å²) >= 11 is 0. The average Bonchev–Trinajstić information content (AvgIpc) is 2.67. The van der Waals surface area contributed by atoms with E-state index in [0.29, 0.717) is 11.3 Å². The van der Waals surface area contributed by atoms with Gasteiger partial charge >= 0.3 is 0 Å². The highest BCUT2D eigenvalue weighted by atomic mass is 32.2. The number of Topliss-reactive ketones (excluding diaryl/α,β-unsaturated/α-hetero) is 1. The normalized spacial score (nSPS) is 11.4. The van der Waals surface area contributed by atoms with Gasteiger partial charge < -0.3 is 0 Å². The van der Waals surface area contributed by atoms with E-state index < -0.39 is 10.0 Å². The first-order chi connectivity index (χ1) is 12.9. The van der Waals surface area contributed by atoms with Crippen LogP contribution in [0.3, 0.4) is 0 Å². The molecular formula is C21H18N2O3S. The molecule has 1 aromatic heterocycles. The molecule has 0 radical (unpaired) electrons. The van der Waals surface area contributed by atoms with Gasteiger partial charge in [0.2, 0.25) is 0 Å². The van der Waals surface area contributed by atoms with E-state index in [9.17, 15) is 13.2 Å². The summed E-state index contributed by atoms with van der Waals surface area (Å²) in [4.78, 5) is 15.6. The first-order valence-corrected chi connectivity index (χ1v) is 9.75. The zero-order chi connectivity index (χ0) is 19.3. The molecule has 136 valence electrons. The number of carbonyl (C=O) groups is 1. The Kier molecular flexibility index (Phi) is 5.47. The molecule has 0 aliphatic rings. The lowest BCUT2D eigenvalue weighted by Gasteiger charge is -2.09. The molecule has 0 saturated carbocycles. The number of anilines is 1. The number of hydrogen-bond donors (Lipinski definition) is 1. The van der Waals surface area contributed by atoms with Crippen molar-refractivity contribution in [2.24, 2.45) is 0 Å². The molecule has 0 unspecified atom stereocenters. The predicted octanol–water partition coefficient (Wildman–Crippen LogP) is 4.26. The minimum absolute atomic E-state index is 0.0990. The Balaban J connectivity index is 1.78. The Hall–Kier alpha value is -3.25. The van der Waals surface area contributed by atoms with Gasteiger partial charge in [0.1, 0.15) is 0 Å². The second-order valence-corrected chi connectivity index (χ2v) is 7.58. The van der Waals surface area contributed by atoms with Gasteiger partial charge in [-0.25, -0.2) is 8.42 Å². The van der Waals surface area contributed by atoms with Crippen molar-refractivity contribution in [3.63, 3.8) is 0 Å². The van der Waals surface area contributed by atoms with E-state index in [1.54, 1.807) is 24.4 Å². The quantitative estimate of drug-likeness (QED) is 0.651. The molecular weight excluding hydrogens is 360 g/mol. The number of benzene rings is 2. The molecule has 0 bridgehead atoms. The smallest absolute Gasteiger partial charge is 0.261 e. The molecule has 0 saturated heterocycles. The van der Waals surface area contributed by atoms with Crippen LogP contribution >= 0.6 is 0 Å². The van der Waals surface area contributed by atoms with Gasteiger partial charge in [0, 0.05) is 17.4 Å². The molecule has 5 nitrogen and oxygen atoms in total. The second kappa shape index (κ2) is 7.97. The molecule has 0 amide bonds. The summed E-state index contributed by atoms with van der Waals surface area (Å²) in [5.74, 6) is -0.112. The van der Waals surface area contributed by atoms with E-state index in [1.807, 2.05) is 36.4 Å². The van der Waals surface area contributed by atoms with Gasteiger partial charge in [-0.2, -0.15) is 0 Å². The number of aromatic nitrogens is 1. The van der Waals surface area contributed by atoms with Crippen molar-refractivity contribution < 1.29 is 13.2 Å². The fourth-order valence-corrected chi connectivity index (χ4v) is 3.49. The minimum Gasteiger partial charge on any atom is -0.295 e. The van der Waals surface area contributed by atoms with E-state index >= 15 is 0 Å². The van der Waals surface area contributed by atoms with Crippen molar-refractivity contribution in [1.29, 1.82) is 0 Å². The van der Waals surface area contributed by atoms with Crippen molar-refractivity contribution in [3.8, 4) is 0 Å². The fourth-order valence-electron chi connectivity index (χ4n) is 2.44. The molecule has 3 aromatic rings. The van der Waals surface area contributed by atoms with Gasteiger partial charge in [-0.3, -0.25) is 14.5 Å². The van der Waals surface area contributed by atoms with Crippen LogP contribution in [0.1, 0.15) is 28.5 Å². The van der Waals surface area contributed by atoms with Gasteiger partial charge in [0.15, 0.2) is 5.78 Å². The number of nitrogens with zero attached hydrogens (tertiary/aromatic N) is 1. The zero-order valence-corrected chi connectivity index (χ0v) is 15.5. The van der Waals surface area contributed by atoms with Gasteiger partial charge in [-0.1, -0.05) is 36.4 Å². The maximum Gasteiger partial charge on any atom is 0.261 e. The SMILES string of the molecule is CC(=O)c1ccc(S(=O)(=O)Nc2cccc(/C=C/c3ccccn3)c2)cc1. The maximum atomic E-state index is 12.5. The maximum absolute atomic E-state index is 12.5. The molecule has 0 aliphatic carbocycles. The van der Waals surface area contributed by atoms with Gasteiger partial charge in [0.25, 0.3) is 10.0 Å². The van der Waals surface area contributed by atoms with Crippen LogP contribution in [0.25, 0.3) is 12.2 Å². The number of pyridine rings is 1. The summed E-state index contributed by atoms with van der Waals surface area (Å²) in [5, 5.41) is 0. The molecule has 0 atom stereocenters. The van der Waals surface area contributed by atoms with E-state index in [2.05, 4.69) is 9.71 Å². The molecule has 27 heavy (non-hydrogen) atoms. The van der Waals surface area contributed by atoms with Gasteiger partial charge in [-0.15, -0.1) is 0 Å². The van der Waals surface area contributed by atoms with Crippen LogP contribution in [0.2, 0.25) is 0 Å². The van der Waals surface area contributed by atoms with Crippen LogP contribution in [0.15, 0.2) is 77.8 Å². The van der Waals surface area contributed by atoms with E-state index in [4.69, 9.17) is 0 Å². The number of ketones is 1. The van der Waals surface area contributed by atoms with Crippen molar-refractivity contribution in [3.05, 3.63) is 89.7 Å². The standard InChI is InChI=1S/C21H18N2O3S/c1-16(24)18-9-12-21(13-10-18)27(25,26)23-20-7-4-5-17(15-20)8-11-19-6-2-3-14-22-19/h2-15,23H,1H3/b11-8+. The molecule has 6 heteroatoms. The van der Waals surface area contributed by atoms with Crippen LogP contribution < -0.4 is 4.72 Å².